The Labute approximate surface area is 132 Å². The van der Waals surface area contributed by atoms with Gasteiger partial charge < -0.3 is 10.6 Å². The minimum atomic E-state index is -0.153. The predicted octanol–water partition coefficient (Wildman–Crippen LogP) is 1.82. The molecular formula is C16H17N3O2S. The lowest BCUT2D eigenvalue weighted by molar-refractivity contribution is -0.126. The second-order valence-electron chi connectivity index (χ2n) is 5.31. The molecule has 2 aromatic rings. The topological polar surface area (TPSA) is 71.1 Å². The standard InChI is InChI=1S/C16H17N3O2S/c20-14-5-4-13(16(19-14)11-6-8-22-10-11)18-15(21)9-12-3-1-2-7-17-12/h1-3,6-8,10,13,16H,4-5,9H2,(H,18,21)(H,19,20)/t13-,16+/m1/s1. The van der Waals surface area contributed by atoms with Crippen LogP contribution in [0.2, 0.25) is 0 Å². The van der Waals surface area contributed by atoms with E-state index in [1.165, 1.54) is 0 Å². The summed E-state index contributed by atoms with van der Waals surface area (Å²) in [4.78, 5) is 28.0. The van der Waals surface area contributed by atoms with Crippen LogP contribution in [0.25, 0.3) is 0 Å². The largest absolute Gasteiger partial charge is 0.351 e. The van der Waals surface area contributed by atoms with Crippen LogP contribution >= 0.6 is 11.3 Å². The second-order valence-corrected chi connectivity index (χ2v) is 6.09. The molecule has 5 nitrogen and oxygen atoms in total. The fraction of sp³-hybridized carbons (Fsp3) is 0.312. The predicted molar refractivity (Wildman–Crippen MR) is 84.3 cm³/mol. The Balaban J connectivity index is 1.67. The van der Waals surface area contributed by atoms with E-state index in [4.69, 9.17) is 0 Å². The summed E-state index contributed by atoms with van der Waals surface area (Å²) in [6.07, 6.45) is 3.02. The molecule has 2 aromatic heterocycles. The first-order chi connectivity index (χ1) is 10.7. The number of hydrogen-bond donors (Lipinski definition) is 2. The van der Waals surface area contributed by atoms with E-state index < -0.39 is 0 Å². The Hall–Kier alpha value is -2.21. The highest BCUT2D eigenvalue weighted by atomic mass is 32.1. The minimum Gasteiger partial charge on any atom is -0.351 e. The SMILES string of the molecule is O=C(Cc1ccccn1)N[C@@H]1CCC(=O)N[C@H]1c1ccsc1. The van der Waals surface area contributed by atoms with Gasteiger partial charge in [-0.15, -0.1) is 0 Å². The summed E-state index contributed by atoms with van der Waals surface area (Å²) in [6.45, 7) is 0. The number of carbonyl (C=O) groups is 2. The number of carbonyl (C=O) groups excluding carboxylic acids is 2. The first-order valence-electron chi connectivity index (χ1n) is 7.23. The van der Waals surface area contributed by atoms with Crippen molar-refractivity contribution in [3.63, 3.8) is 0 Å². The molecule has 0 spiro atoms. The van der Waals surface area contributed by atoms with E-state index in [0.29, 0.717) is 12.8 Å². The summed E-state index contributed by atoms with van der Waals surface area (Å²) in [5.74, 6) is -0.0356. The van der Waals surface area contributed by atoms with Crippen molar-refractivity contribution in [2.75, 3.05) is 0 Å². The highest BCUT2D eigenvalue weighted by Gasteiger charge is 2.31. The molecule has 0 aliphatic carbocycles. The Morgan fingerprint density at radius 3 is 3.05 bits per heavy atom. The van der Waals surface area contributed by atoms with Gasteiger partial charge in [0.25, 0.3) is 0 Å². The highest BCUT2D eigenvalue weighted by molar-refractivity contribution is 7.08. The highest BCUT2D eigenvalue weighted by Crippen LogP contribution is 2.25. The van der Waals surface area contributed by atoms with Crippen LogP contribution in [0.3, 0.4) is 0 Å². The average Bonchev–Trinajstić information content (AvgIpc) is 3.04. The van der Waals surface area contributed by atoms with E-state index in [-0.39, 0.29) is 30.3 Å². The zero-order chi connectivity index (χ0) is 15.4. The lowest BCUT2D eigenvalue weighted by Gasteiger charge is -2.32. The number of amides is 2. The minimum absolute atomic E-state index is 0.0337. The van der Waals surface area contributed by atoms with Crippen LogP contribution < -0.4 is 10.6 Å². The van der Waals surface area contributed by atoms with Gasteiger partial charge in [0, 0.05) is 18.3 Å². The molecule has 2 amide bonds. The van der Waals surface area contributed by atoms with Crippen molar-refractivity contribution < 1.29 is 9.59 Å². The maximum Gasteiger partial charge on any atom is 0.226 e. The molecular weight excluding hydrogens is 298 g/mol. The molecule has 2 N–H and O–H groups in total. The van der Waals surface area contributed by atoms with E-state index in [1.54, 1.807) is 17.5 Å². The summed E-state index contributed by atoms with van der Waals surface area (Å²) in [5, 5.41) is 10.00. The lowest BCUT2D eigenvalue weighted by Crippen LogP contribution is -2.50. The van der Waals surface area contributed by atoms with Gasteiger partial charge >= 0.3 is 0 Å². The Morgan fingerprint density at radius 2 is 2.32 bits per heavy atom. The quantitative estimate of drug-likeness (QED) is 0.904. The van der Waals surface area contributed by atoms with E-state index in [0.717, 1.165) is 11.3 Å². The van der Waals surface area contributed by atoms with Gasteiger partial charge in [-0.3, -0.25) is 14.6 Å². The van der Waals surface area contributed by atoms with Gasteiger partial charge in [0.2, 0.25) is 11.8 Å². The van der Waals surface area contributed by atoms with Gasteiger partial charge in [-0.25, -0.2) is 0 Å². The summed E-state index contributed by atoms with van der Waals surface area (Å²) in [7, 11) is 0. The molecule has 114 valence electrons. The first kappa shape index (κ1) is 14.7. The molecule has 6 heteroatoms. The normalized spacial score (nSPS) is 21.2. The van der Waals surface area contributed by atoms with Crippen LogP contribution in [0.1, 0.15) is 30.1 Å². The maximum absolute atomic E-state index is 12.2. The summed E-state index contributed by atoms with van der Waals surface area (Å²) >= 11 is 1.58. The molecule has 22 heavy (non-hydrogen) atoms. The third kappa shape index (κ3) is 3.51. The van der Waals surface area contributed by atoms with Crippen molar-refractivity contribution in [1.29, 1.82) is 0 Å². The molecule has 0 aromatic carbocycles. The van der Waals surface area contributed by atoms with Crippen LogP contribution in [-0.2, 0) is 16.0 Å². The van der Waals surface area contributed by atoms with Crippen molar-refractivity contribution >= 4 is 23.2 Å². The van der Waals surface area contributed by atoms with Crippen molar-refractivity contribution in [3.05, 3.63) is 52.5 Å². The molecule has 3 heterocycles. The first-order valence-corrected chi connectivity index (χ1v) is 8.17. The molecule has 0 unspecified atom stereocenters. The van der Waals surface area contributed by atoms with Crippen LogP contribution in [0.15, 0.2) is 41.2 Å². The molecule has 1 aliphatic heterocycles. The number of nitrogens with zero attached hydrogens (tertiary/aromatic N) is 1. The van der Waals surface area contributed by atoms with Crippen LogP contribution in [-0.4, -0.2) is 22.8 Å². The number of pyridine rings is 1. The molecule has 2 atom stereocenters. The molecule has 1 aliphatic rings. The number of piperidine rings is 1. The number of hydrogen-bond acceptors (Lipinski definition) is 4. The lowest BCUT2D eigenvalue weighted by atomic mass is 9.93. The second kappa shape index (κ2) is 6.70. The Morgan fingerprint density at radius 1 is 1.41 bits per heavy atom. The van der Waals surface area contributed by atoms with Gasteiger partial charge in [0.15, 0.2) is 0 Å². The summed E-state index contributed by atoms with van der Waals surface area (Å²) < 4.78 is 0. The van der Waals surface area contributed by atoms with Gasteiger partial charge in [-0.2, -0.15) is 11.3 Å². The van der Waals surface area contributed by atoms with Gasteiger partial charge in [-0.1, -0.05) is 6.07 Å². The smallest absolute Gasteiger partial charge is 0.226 e. The van der Waals surface area contributed by atoms with Crippen molar-refractivity contribution in [1.82, 2.24) is 15.6 Å². The maximum atomic E-state index is 12.2. The zero-order valence-electron chi connectivity index (χ0n) is 12.0. The van der Waals surface area contributed by atoms with Crippen LogP contribution in [0.5, 0.6) is 0 Å². The molecule has 3 rings (SSSR count). The number of thiophene rings is 1. The fourth-order valence-corrected chi connectivity index (χ4v) is 3.34. The monoisotopic (exact) mass is 315 g/mol. The van der Waals surface area contributed by atoms with Gasteiger partial charge in [0.1, 0.15) is 0 Å². The Bertz CT molecular complexity index is 643. The molecule has 1 saturated heterocycles. The van der Waals surface area contributed by atoms with Crippen molar-refractivity contribution in [2.45, 2.75) is 31.3 Å². The molecule has 0 saturated carbocycles. The van der Waals surface area contributed by atoms with Gasteiger partial charge in [0.05, 0.1) is 18.5 Å². The number of aromatic nitrogens is 1. The fourth-order valence-electron chi connectivity index (χ4n) is 2.65. The molecule has 0 bridgehead atoms. The summed E-state index contributed by atoms with van der Waals surface area (Å²) in [6, 6.07) is 7.27. The third-order valence-electron chi connectivity index (χ3n) is 3.72. The Kier molecular flexibility index (Phi) is 4.48. The van der Waals surface area contributed by atoms with Crippen LogP contribution in [0.4, 0.5) is 0 Å². The van der Waals surface area contributed by atoms with Crippen molar-refractivity contribution in [3.8, 4) is 0 Å². The molecule has 1 fully saturated rings. The van der Waals surface area contributed by atoms with E-state index >= 15 is 0 Å². The van der Waals surface area contributed by atoms with Crippen LogP contribution in [0, 0.1) is 0 Å². The number of rotatable bonds is 4. The molecule has 0 radical (unpaired) electrons. The van der Waals surface area contributed by atoms with E-state index in [1.807, 2.05) is 35.0 Å². The van der Waals surface area contributed by atoms with E-state index in [9.17, 15) is 9.59 Å². The van der Waals surface area contributed by atoms with Gasteiger partial charge in [-0.05, 0) is 40.9 Å². The average molecular weight is 315 g/mol. The third-order valence-corrected chi connectivity index (χ3v) is 4.42. The van der Waals surface area contributed by atoms with Crippen molar-refractivity contribution in [2.24, 2.45) is 0 Å². The zero-order valence-corrected chi connectivity index (χ0v) is 12.8. The van der Waals surface area contributed by atoms with E-state index in [2.05, 4.69) is 15.6 Å². The summed E-state index contributed by atoms with van der Waals surface area (Å²) in [5.41, 5.74) is 1.79. The number of nitrogens with one attached hydrogen (secondary N) is 2.